The molecule has 0 amide bonds. The summed E-state index contributed by atoms with van der Waals surface area (Å²) in [7, 11) is 0. The van der Waals surface area contributed by atoms with E-state index in [4.69, 9.17) is 4.42 Å². The molecule has 0 spiro atoms. The van der Waals surface area contributed by atoms with Gasteiger partial charge in [-0.25, -0.2) is 0 Å². The van der Waals surface area contributed by atoms with Crippen molar-refractivity contribution in [3.05, 3.63) is 33.6 Å². The fourth-order valence-corrected chi connectivity index (χ4v) is 2.26. The number of hydrogen-bond donors (Lipinski definition) is 0. The second-order valence-electron chi connectivity index (χ2n) is 4.49. The Morgan fingerprint density at radius 1 is 0.600 bits per heavy atom. The monoisotopic (exact) mass is 202 g/mol. The SMILES string of the molecule is Cc1oc2c(C)c(C)c(C)c(C)c2c1C. The summed E-state index contributed by atoms with van der Waals surface area (Å²) in [5.41, 5.74) is 7.75. The zero-order valence-corrected chi connectivity index (χ0v) is 10.4. The van der Waals surface area contributed by atoms with Crippen molar-refractivity contribution in [3.8, 4) is 0 Å². The largest absolute Gasteiger partial charge is 0.461 e. The summed E-state index contributed by atoms with van der Waals surface area (Å²) in [6.45, 7) is 12.9. The summed E-state index contributed by atoms with van der Waals surface area (Å²) >= 11 is 0. The minimum absolute atomic E-state index is 1.04. The standard InChI is InChI=1S/C14H18O/c1-7-8(2)10(4)14-13(9(7)3)11(5)12(6)15-14/h1-6H3. The molecule has 0 atom stereocenters. The molecule has 0 radical (unpaired) electrons. The van der Waals surface area contributed by atoms with Gasteiger partial charge >= 0.3 is 0 Å². The minimum atomic E-state index is 1.04. The first-order valence-electron chi connectivity index (χ1n) is 5.41. The van der Waals surface area contributed by atoms with E-state index in [0.29, 0.717) is 0 Å². The third-order valence-corrected chi connectivity index (χ3v) is 3.79. The van der Waals surface area contributed by atoms with Crippen LogP contribution in [0.15, 0.2) is 4.42 Å². The smallest absolute Gasteiger partial charge is 0.137 e. The number of aryl methyl sites for hydroxylation is 4. The predicted octanol–water partition coefficient (Wildman–Crippen LogP) is 4.28. The van der Waals surface area contributed by atoms with Gasteiger partial charge in [-0.05, 0) is 69.4 Å². The Bertz CT molecular complexity index is 544. The predicted molar refractivity (Wildman–Crippen MR) is 64.6 cm³/mol. The fourth-order valence-electron chi connectivity index (χ4n) is 2.26. The molecular formula is C14H18O. The molecule has 0 saturated carbocycles. The van der Waals surface area contributed by atoms with Crippen LogP contribution in [0.2, 0.25) is 0 Å². The molecule has 1 nitrogen and oxygen atoms in total. The first-order chi connectivity index (χ1) is 6.95. The van der Waals surface area contributed by atoms with Crippen LogP contribution in [-0.2, 0) is 0 Å². The number of rotatable bonds is 0. The van der Waals surface area contributed by atoms with Gasteiger partial charge < -0.3 is 4.42 Å². The van der Waals surface area contributed by atoms with Crippen molar-refractivity contribution < 1.29 is 4.42 Å². The van der Waals surface area contributed by atoms with Crippen molar-refractivity contribution in [2.45, 2.75) is 41.5 Å². The number of fused-ring (bicyclic) bond motifs is 1. The molecule has 80 valence electrons. The molecule has 0 N–H and O–H groups in total. The van der Waals surface area contributed by atoms with Gasteiger partial charge in [-0.3, -0.25) is 0 Å². The van der Waals surface area contributed by atoms with Crippen LogP contribution < -0.4 is 0 Å². The average molecular weight is 202 g/mol. The van der Waals surface area contributed by atoms with Crippen LogP contribution in [0.5, 0.6) is 0 Å². The minimum Gasteiger partial charge on any atom is -0.461 e. The van der Waals surface area contributed by atoms with Gasteiger partial charge in [-0.15, -0.1) is 0 Å². The summed E-state index contributed by atoms with van der Waals surface area (Å²) in [6, 6.07) is 0. The first-order valence-corrected chi connectivity index (χ1v) is 5.41. The van der Waals surface area contributed by atoms with E-state index in [1.165, 1.54) is 33.2 Å². The number of furan rings is 1. The molecule has 0 unspecified atom stereocenters. The van der Waals surface area contributed by atoms with Crippen LogP contribution in [0.4, 0.5) is 0 Å². The van der Waals surface area contributed by atoms with Crippen molar-refractivity contribution >= 4 is 11.0 Å². The lowest BCUT2D eigenvalue weighted by atomic mass is 9.94. The Morgan fingerprint density at radius 2 is 1.13 bits per heavy atom. The van der Waals surface area contributed by atoms with Crippen molar-refractivity contribution in [1.29, 1.82) is 0 Å². The van der Waals surface area contributed by atoms with Crippen molar-refractivity contribution in [1.82, 2.24) is 0 Å². The zero-order chi connectivity index (χ0) is 11.3. The highest BCUT2D eigenvalue weighted by Crippen LogP contribution is 2.34. The van der Waals surface area contributed by atoms with Gasteiger partial charge in [0.2, 0.25) is 0 Å². The molecule has 0 saturated heterocycles. The van der Waals surface area contributed by atoms with Crippen LogP contribution in [0.3, 0.4) is 0 Å². The lowest BCUT2D eigenvalue weighted by molar-refractivity contribution is 0.572. The molecule has 1 aromatic heterocycles. The van der Waals surface area contributed by atoms with Gasteiger partial charge in [0.15, 0.2) is 0 Å². The molecule has 1 heterocycles. The molecule has 2 aromatic rings. The van der Waals surface area contributed by atoms with Crippen LogP contribution in [-0.4, -0.2) is 0 Å². The van der Waals surface area contributed by atoms with Crippen molar-refractivity contribution in [3.63, 3.8) is 0 Å². The van der Waals surface area contributed by atoms with Gasteiger partial charge in [0.05, 0.1) is 0 Å². The number of hydrogen-bond acceptors (Lipinski definition) is 1. The van der Waals surface area contributed by atoms with Crippen molar-refractivity contribution in [2.24, 2.45) is 0 Å². The molecular weight excluding hydrogens is 184 g/mol. The Balaban J connectivity index is 3.07. The first kappa shape index (κ1) is 10.3. The van der Waals surface area contributed by atoms with E-state index >= 15 is 0 Å². The number of benzene rings is 1. The average Bonchev–Trinajstić information content (AvgIpc) is 2.50. The molecule has 0 fully saturated rings. The normalized spacial score (nSPS) is 11.3. The lowest BCUT2D eigenvalue weighted by Crippen LogP contribution is -1.92. The fraction of sp³-hybridized carbons (Fsp3) is 0.429. The summed E-state index contributed by atoms with van der Waals surface area (Å²) in [5.74, 6) is 1.04. The second-order valence-corrected chi connectivity index (χ2v) is 4.49. The zero-order valence-electron chi connectivity index (χ0n) is 10.4. The summed E-state index contributed by atoms with van der Waals surface area (Å²) in [4.78, 5) is 0. The summed E-state index contributed by atoms with van der Waals surface area (Å²) in [6.07, 6.45) is 0. The maximum absolute atomic E-state index is 5.85. The topological polar surface area (TPSA) is 13.1 Å². The van der Waals surface area contributed by atoms with E-state index in [9.17, 15) is 0 Å². The Morgan fingerprint density at radius 3 is 1.73 bits per heavy atom. The van der Waals surface area contributed by atoms with E-state index < -0.39 is 0 Å². The highest BCUT2D eigenvalue weighted by atomic mass is 16.3. The second kappa shape index (κ2) is 3.13. The van der Waals surface area contributed by atoms with E-state index in [1.54, 1.807) is 0 Å². The van der Waals surface area contributed by atoms with Gasteiger partial charge in [-0.1, -0.05) is 0 Å². The van der Waals surface area contributed by atoms with Crippen molar-refractivity contribution in [2.75, 3.05) is 0 Å². The van der Waals surface area contributed by atoms with Gasteiger partial charge in [0.1, 0.15) is 11.3 Å². The summed E-state index contributed by atoms with van der Waals surface area (Å²) in [5, 5.41) is 1.31. The van der Waals surface area contributed by atoms with Crippen LogP contribution in [0, 0.1) is 41.5 Å². The van der Waals surface area contributed by atoms with Crippen LogP contribution in [0.1, 0.15) is 33.6 Å². The Kier molecular flexibility index (Phi) is 2.14. The van der Waals surface area contributed by atoms with E-state index in [0.717, 1.165) is 11.3 Å². The Hall–Kier alpha value is -1.24. The van der Waals surface area contributed by atoms with E-state index in [1.807, 2.05) is 6.92 Å². The third-order valence-electron chi connectivity index (χ3n) is 3.79. The molecule has 0 aliphatic carbocycles. The molecule has 15 heavy (non-hydrogen) atoms. The third kappa shape index (κ3) is 1.22. The highest BCUT2D eigenvalue weighted by molar-refractivity contribution is 5.90. The summed E-state index contributed by atoms with van der Waals surface area (Å²) < 4.78 is 5.85. The maximum atomic E-state index is 5.85. The molecule has 0 bridgehead atoms. The Labute approximate surface area is 91.1 Å². The molecule has 0 aliphatic heterocycles. The lowest BCUT2D eigenvalue weighted by Gasteiger charge is -2.10. The van der Waals surface area contributed by atoms with Gasteiger partial charge in [-0.2, -0.15) is 0 Å². The van der Waals surface area contributed by atoms with Gasteiger partial charge in [0, 0.05) is 5.39 Å². The quantitative estimate of drug-likeness (QED) is 0.621. The highest BCUT2D eigenvalue weighted by Gasteiger charge is 2.15. The van der Waals surface area contributed by atoms with E-state index in [2.05, 4.69) is 34.6 Å². The molecule has 1 aromatic carbocycles. The van der Waals surface area contributed by atoms with Crippen LogP contribution in [0.25, 0.3) is 11.0 Å². The molecule has 1 heteroatoms. The van der Waals surface area contributed by atoms with Gasteiger partial charge in [0.25, 0.3) is 0 Å². The van der Waals surface area contributed by atoms with Crippen LogP contribution >= 0.6 is 0 Å². The molecule has 0 aliphatic rings. The maximum Gasteiger partial charge on any atom is 0.137 e. The van der Waals surface area contributed by atoms with E-state index in [-0.39, 0.29) is 0 Å². The molecule has 2 rings (SSSR count).